The number of aromatic nitrogens is 1. The van der Waals surface area contributed by atoms with Crippen LogP contribution in [0, 0.1) is 17.3 Å². The van der Waals surface area contributed by atoms with Crippen LogP contribution in [0.25, 0.3) is 33.3 Å². The number of cyclic esters (lactones) is 1. The molecule has 2 fully saturated rings. The van der Waals surface area contributed by atoms with Crippen molar-refractivity contribution in [1.29, 1.82) is 0 Å². The van der Waals surface area contributed by atoms with Gasteiger partial charge in [-0.05, 0) is 96.7 Å². The van der Waals surface area contributed by atoms with Crippen LogP contribution in [-0.2, 0) is 59.4 Å². The number of benzene rings is 3. The number of hydrogen-bond donors (Lipinski definition) is 3. The van der Waals surface area contributed by atoms with E-state index in [0.717, 1.165) is 50.0 Å². The molecule has 0 unspecified atom stereocenters. The van der Waals surface area contributed by atoms with Gasteiger partial charge >= 0.3 is 5.97 Å². The second-order valence-corrected chi connectivity index (χ2v) is 19.0. The van der Waals surface area contributed by atoms with Gasteiger partial charge in [0.15, 0.2) is 0 Å². The first-order chi connectivity index (χ1) is 31.0. The lowest BCUT2D eigenvalue weighted by atomic mass is 9.84. The van der Waals surface area contributed by atoms with Crippen LogP contribution < -0.4 is 16.5 Å². The minimum atomic E-state index is -1.10. The van der Waals surface area contributed by atoms with Crippen molar-refractivity contribution in [3.63, 3.8) is 0 Å². The van der Waals surface area contributed by atoms with Gasteiger partial charge in [-0.3, -0.25) is 29.0 Å². The number of aryl methyl sites for hydroxylation is 1. The normalized spacial score (nSPS) is 20.6. The summed E-state index contributed by atoms with van der Waals surface area (Å²) in [6, 6.07) is 17.7. The van der Waals surface area contributed by atoms with Crippen LogP contribution >= 0.6 is 0 Å². The van der Waals surface area contributed by atoms with Crippen molar-refractivity contribution in [1.82, 2.24) is 30.1 Å². The number of likely N-dealkylation sites (N-methyl/N-ethyl adjacent to an activating group) is 1. The number of amides is 4. The molecule has 0 saturated carbocycles. The lowest BCUT2D eigenvalue weighted by molar-refractivity contribution is -0.155. The Morgan fingerprint density at radius 2 is 1.83 bits per heavy atom. The summed E-state index contributed by atoms with van der Waals surface area (Å²) >= 11 is 0. The number of anilines is 1. The van der Waals surface area contributed by atoms with Crippen molar-refractivity contribution < 1.29 is 33.4 Å². The van der Waals surface area contributed by atoms with Gasteiger partial charge < -0.3 is 34.9 Å². The number of likely N-dealkylation sites (tertiary alicyclic amines) is 1. The number of nitrogens with one attached hydrogen (secondary N) is 2. The molecule has 4 atom stereocenters. The molecule has 3 aliphatic heterocycles. The van der Waals surface area contributed by atoms with Crippen molar-refractivity contribution in [3.8, 4) is 22.4 Å². The molecule has 14 heteroatoms. The molecule has 0 radical (unpaired) electrons. The molecular weight excluding hydrogens is 823 g/mol. The Kier molecular flexibility index (Phi) is 14.2. The molecule has 65 heavy (non-hydrogen) atoms. The molecule has 4 amide bonds. The summed E-state index contributed by atoms with van der Waals surface area (Å²) in [6.45, 7) is 15.9. The molecule has 4 N–H and O–H groups in total. The highest BCUT2D eigenvalue weighted by atomic mass is 16.5. The Hall–Kier alpha value is -5.99. The maximum atomic E-state index is 14.7. The Morgan fingerprint density at radius 1 is 1.06 bits per heavy atom. The third kappa shape index (κ3) is 9.98. The molecule has 4 aromatic rings. The maximum absolute atomic E-state index is 14.7. The third-order valence-corrected chi connectivity index (χ3v) is 13.1. The number of carbonyl (C=O) groups excluding carboxylic acids is 5. The van der Waals surface area contributed by atoms with Gasteiger partial charge in [-0.15, -0.1) is 0 Å². The summed E-state index contributed by atoms with van der Waals surface area (Å²) < 4.78 is 14.1. The van der Waals surface area contributed by atoms with Gasteiger partial charge in [0.2, 0.25) is 17.7 Å². The fourth-order valence-corrected chi connectivity index (χ4v) is 9.99. The molecule has 346 valence electrons. The molecule has 3 aliphatic rings. The standard InChI is InChI=1S/C51H65N7O7/c1-9-44(59)56-21-19-34(28-56)48(61)55(7)45(31(3)4)47(60)53-42-24-32-22-36(25-37(52)23-32)33-17-18-43-39(26-33)40(46(57(43)10-2)38-15-12-11-14-35(38)29-64-8)27-51(5,6)30-65-50(63)41-16-13-20-58(54-41)49(42)62/h9,11-12,14-15,17-18,22-23,25-26,31,34,41-42,45,54H,1,10,13,16,19-21,24,27-30,52H2,2-8H3,(H,53,60)/t34-,41-,42-,45-/m0/s1. The van der Waals surface area contributed by atoms with Crippen molar-refractivity contribution in [2.45, 2.75) is 98.0 Å². The minimum Gasteiger partial charge on any atom is -0.464 e. The van der Waals surface area contributed by atoms with Gasteiger partial charge in [0.25, 0.3) is 5.91 Å². The highest BCUT2D eigenvalue weighted by Gasteiger charge is 2.40. The molecule has 0 aliphatic carbocycles. The van der Waals surface area contributed by atoms with E-state index in [1.165, 1.54) is 16.0 Å². The molecule has 4 heterocycles. The molecular formula is C51H65N7O7. The Balaban J connectivity index is 1.30. The van der Waals surface area contributed by atoms with E-state index in [1.807, 2.05) is 44.2 Å². The SMILES string of the molecule is C=CC(=O)N1CC[C@H](C(=O)N(C)[C@H](C(=O)N[C@H]2Cc3cc(N)cc(c3)-c3ccc4c(c3)c(c(-c3ccccc3COC)n4CC)CC(C)(C)COC(=O)[C@@H]3CCCN(N3)C2=O)C(C)C)C1. The fraction of sp³-hybridized carbons (Fsp3) is 0.471. The van der Waals surface area contributed by atoms with Crippen molar-refractivity contribution in [2.75, 3.05) is 46.1 Å². The number of ether oxygens (including phenoxy) is 2. The Bertz CT molecular complexity index is 2480. The second-order valence-electron chi connectivity index (χ2n) is 19.0. The first kappa shape index (κ1) is 47.0. The fourth-order valence-electron chi connectivity index (χ4n) is 9.99. The molecule has 2 saturated heterocycles. The van der Waals surface area contributed by atoms with Gasteiger partial charge in [-0.1, -0.05) is 70.7 Å². The first-order valence-corrected chi connectivity index (χ1v) is 22.9. The van der Waals surface area contributed by atoms with E-state index < -0.39 is 47.2 Å². The smallest absolute Gasteiger partial charge is 0.324 e. The summed E-state index contributed by atoms with van der Waals surface area (Å²) in [5, 5.41) is 5.53. The zero-order valence-corrected chi connectivity index (χ0v) is 38.9. The Morgan fingerprint density at radius 3 is 2.55 bits per heavy atom. The number of nitrogen functional groups attached to an aromatic ring is 1. The van der Waals surface area contributed by atoms with Crippen LogP contribution in [0.1, 0.15) is 70.6 Å². The van der Waals surface area contributed by atoms with E-state index in [4.69, 9.17) is 15.2 Å². The van der Waals surface area contributed by atoms with E-state index in [-0.39, 0.29) is 37.3 Å². The van der Waals surface area contributed by atoms with Gasteiger partial charge in [0, 0.05) is 74.3 Å². The molecule has 7 rings (SSSR count). The largest absolute Gasteiger partial charge is 0.464 e. The molecule has 0 spiro atoms. The van der Waals surface area contributed by atoms with Gasteiger partial charge in [0.1, 0.15) is 18.1 Å². The number of nitrogens with zero attached hydrogens (tertiary/aromatic N) is 4. The lowest BCUT2D eigenvalue weighted by Crippen LogP contribution is -2.62. The Labute approximate surface area is 382 Å². The summed E-state index contributed by atoms with van der Waals surface area (Å²) in [6.07, 6.45) is 3.38. The number of methoxy groups -OCH3 is 1. The average Bonchev–Trinajstić information content (AvgIpc) is 3.90. The summed E-state index contributed by atoms with van der Waals surface area (Å²) in [5.41, 5.74) is 17.8. The van der Waals surface area contributed by atoms with Crippen molar-refractivity contribution in [3.05, 3.63) is 90.0 Å². The zero-order valence-electron chi connectivity index (χ0n) is 38.9. The van der Waals surface area contributed by atoms with E-state index in [2.05, 4.69) is 73.0 Å². The van der Waals surface area contributed by atoms with Gasteiger partial charge in [0.05, 0.1) is 24.8 Å². The van der Waals surface area contributed by atoms with Crippen molar-refractivity contribution in [2.24, 2.45) is 17.3 Å². The number of nitrogens with two attached hydrogens (primary N) is 1. The predicted molar refractivity (Wildman–Crippen MR) is 252 cm³/mol. The van der Waals surface area contributed by atoms with Gasteiger partial charge in [-0.2, -0.15) is 0 Å². The van der Waals surface area contributed by atoms with Crippen LogP contribution in [-0.4, -0.2) is 107 Å². The van der Waals surface area contributed by atoms with Crippen LogP contribution in [0.15, 0.2) is 73.3 Å². The quantitative estimate of drug-likeness (QED) is 0.1000. The van der Waals surface area contributed by atoms with E-state index >= 15 is 0 Å². The number of esters is 1. The highest BCUT2D eigenvalue weighted by molar-refractivity contribution is 5.96. The van der Waals surface area contributed by atoms with Crippen LogP contribution in [0.4, 0.5) is 5.69 Å². The number of fused-ring (bicyclic) bond motifs is 6. The monoisotopic (exact) mass is 887 g/mol. The zero-order chi connectivity index (χ0) is 46.7. The van der Waals surface area contributed by atoms with Crippen LogP contribution in [0.2, 0.25) is 0 Å². The van der Waals surface area contributed by atoms with Crippen LogP contribution in [0.5, 0.6) is 0 Å². The van der Waals surface area contributed by atoms with E-state index in [1.54, 1.807) is 19.1 Å². The number of rotatable bonds is 10. The predicted octanol–water partition coefficient (Wildman–Crippen LogP) is 5.89. The number of hydrazine groups is 1. The third-order valence-electron chi connectivity index (χ3n) is 13.1. The lowest BCUT2D eigenvalue weighted by Gasteiger charge is -2.37. The minimum absolute atomic E-state index is 0.0773. The van der Waals surface area contributed by atoms with Gasteiger partial charge in [-0.25, -0.2) is 5.43 Å². The van der Waals surface area contributed by atoms with Crippen LogP contribution in [0.3, 0.4) is 0 Å². The highest BCUT2D eigenvalue weighted by Crippen LogP contribution is 2.41. The number of hydrogen-bond acceptors (Lipinski definition) is 9. The maximum Gasteiger partial charge on any atom is 0.324 e. The van der Waals surface area contributed by atoms with Crippen molar-refractivity contribution >= 4 is 46.2 Å². The molecule has 14 nitrogen and oxygen atoms in total. The summed E-state index contributed by atoms with van der Waals surface area (Å²) in [7, 11) is 3.30. The van der Waals surface area contributed by atoms with E-state index in [0.29, 0.717) is 57.6 Å². The van der Waals surface area contributed by atoms with E-state index in [9.17, 15) is 24.0 Å². The molecule has 3 aromatic carbocycles. The molecule has 6 bridgehead atoms. The average molecular weight is 888 g/mol. The second kappa shape index (κ2) is 19.6. The molecule has 1 aromatic heterocycles. The first-order valence-electron chi connectivity index (χ1n) is 22.9. The summed E-state index contributed by atoms with van der Waals surface area (Å²) in [5.74, 6) is -2.67. The summed E-state index contributed by atoms with van der Waals surface area (Å²) in [4.78, 5) is 72.4. The topological polar surface area (TPSA) is 169 Å². The number of carbonyl (C=O) groups is 5.